The standard InChI is InChI=1S/C9H9Br.C8H10AsNO5/c10-9-5-4-7-2-1-3-8(7)6-9;1-5(11)10-6-2-3-8(12)7(4-6)9(13,14)15/h4-6H,1-3H2;2-4,12H,1H3,(H,10,11)(H2,13,14,15). The van der Waals surface area contributed by atoms with Crippen LogP contribution in [-0.4, -0.2) is 33.4 Å². The fourth-order valence-corrected chi connectivity index (χ4v) is 4.41. The number of nitrogens with one attached hydrogen (secondary N) is 1. The molecule has 134 valence electrons. The number of halogens is 1. The Hall–Kier alpha value is -1.53. The molecule has 4 N–H and O–H groups in total. The van der Waals surface area contributed by atoms with Crippen LogP contribution in [0, 0.1) is 0 Å². The molecule has 8 heteroatoms. The van der Waals surface area contributed by atoms with Crippen LogP contribution in [0.3, 0.4) is 0 Å². The topological polar surface area (TPSA) is 107 Å². The van der Waals surface area contributed by atoms with Crippen molar-refractivity contribution >= 4 is 46.0 Å². The average Bonchev–Trinajstić information content (AvgIpc) is 2.95. The summed E-state index contributed by atoms with van der Waals surface area (Å²) in [6.45, 7) is 1.27. The van der Waals surface area contributed by atoms with Crippen molar-refractivity contribution in [2.75, 3.05) is 5.32 Å². The number of fused-ring (bicyclic) bond motifs is 1. The molecule has 1 amide bonds. The molecule has 0 spiro atoms. The van der Waals surface area contributed by atoms with Crippen LogP contribution in [0.5, 0.6) is 5.75 Å². The summed E-state index contributed by atoms with van der Waals surface area (Å²) in [5, 5.41) is 11.6. The number of amides is 1. The van der Waals surface area contributed by atoms with Crippen molar-refractivity contribution in [2.24, 2.45) is 0 Å². The quantitative estimate of drug-likeness (QED) is 0.395. The van der Waals surface area contributed by atoms with Crippen molar-refractivity contribution in [3.63, 3.8) is 0 Å². The normalized spacial score (nSPS) is 12.8. The van der Waals surface area contributed by atoms with Crippen LogP contribution in [0.4, 0.5) is 5.69 Å². The summed E-state index contributed by atoms with van der Waals surface area (Å²) in [7, 11) is 0. The van der Waals surface area contributed by atoms with E-state index in [-0.39, 0.29) is 11.6 Å². The van der Waals surface area contributed by atoms with Gasteiger partial charge in [0.05, 0.1) is 0 Å². The first-order valence-electron chi connectivity index (χ1n) is 7.61. The predicted molar refractivity (Wildman–Crippen MR) is 99.1 cm³/mol. The molecule has 3 rings (SSSR count). The number of hydrogen-bond donors (Lipinski definition) is 4. The first-order chi connectivity index (χ1) is 11.7. The van der Waals surface area contributed by atoms with Crippen LogP contribution in [-0.2, 0) is 21.4 Å². The third-order valence-corrected chi connectivity index (χ3v) is 6.23. The van der Waals surface area contributed by atoms with Crippen LogP contribution >= 0.6 is 15.9 Å². The molecular weight excluding hydrogens is 453 g/mol. The number of carbonyl (C=O) groups excluding carboxylic acids is 1. The van der Waals surface area contributed by atoms with E-state index in [4.69, 9.17) is 8.19 Å². The third kappa shape index (κ3) is 5.75. The van der Waals surface area contributed by atoms with Gasteiger partial charge in [-0.25, -0.2) is 0 Å². The predicted octanol–water partition coefficient (Wildman–Crippen LogP) is 1.85. The zero-order valence-electron chi connectivity index (χ0n) is 13.6. The monoisotopic (exact) mass is 471 g/mol. The van der Waals surface area contributed by atoms with E-state index in [9.17, 15) is 13.6 Å². The van der Waals surface area contributed by atoms with Crippen LogP contribution in [0.15, 0.2) is 40.9 Å². The number of benzene rings is 2. The van der Waals surface area contributed by atoms with E-state index in [1.807, 2.05) is 0 Å². The third-order valence-electron chi connectivity index (χ3n) is 3.67. The van der Waals surface area contributed by atoms with Gasteiger partial charge in [-0.3, -0.25) is 0 Å². The summed E-state index contributed by atoms with van der Waals surface area (Å²) in [5.41, 5.74) is 3.32. The van der Waals surface area contributed by atoms with Crippen molar-refractivity contribution < 1.29 is 21.8 Å². The Morgan fingerprint density at radius 2 is 1.80 bits per heavy atom. The molecule has 0 unspecified atom stereocenters. The number of phenolic OH excluding ortho intramolecular Hbond substituents is 1. The van der Waals surface area contributed by atoms with Crippen molar-refractivity contribution in [3.05, 3.63) is 52.0 Å². The average molecular weight is 472 g/mol. The van der Waals surface area contributed by atoms with Gasteiger partial charge in [0.1, 0.15) is 0 Å². The maximum absolute atomic E-state index is 11.0. The van der Waals surface area contributed by atoms with Crippen molar-refractivity contribution in [3.8, 4) is 5.75 Å². The Kier molecular flexibility index (Phi) is 6.52. The van der Waals surface area contributed by atoms with Gasteiger partial charge in [-0.05, 0) is 42.5 Å². The zero-order valence-corrected chi connectivity index (χ0v) is 17.0. The number of phenols is 1. The number of aryl methyl sites for hydroxylation is 2. The molecule has 0 bridgehead atoms. The Labute approximate surface area is 157 Å². The van der Waals surface area contributed by atoms with Crippen LogP contribution in [0.25, 0.3) is 0 Å². The zero-order chi connectivity index (χ0) is 18.6. The summed E-state index contributed by atoms with van der Waals surface area (Å²) >= 11 is -1.68. The molecule has 0 saturated carbocycles. The van der Waals surface area contributed by atoms with E-state index in [0.717, 1.165) is 12.1 Å². The van der Waals surface area contributed by atoms with Gasteiger partial charge in [-0.15, -0.1) is 0 Å². The number of aromatic hydroxyl groups is 1. The van der Waals surface area contributed by atoms with E-state index >= 15 is 0 Å². The van der Waals surface area contributed by atoms with Crippen molar-refractivity contribution in [1.29, 1.82) is 0 Å². The van der Waals surface area contributed by atoms with Gasteiger partial charge >= 0.3 is 88.1 Å². The number of hydrogen-bond acceptors (Lipinski definition) is 3. The molecule has 0 fully saturated rings. The van der Waals surface area contributed by atoms with E-state index in [2.05, 4.69) is 39.4 Å². The van der Waals surface area contributed by atoms with Crippen LogP contribution in [0.1, 0.15) is 24.5 Å². The minimum atomic E-state index is -5.15. The van der Waals surface area contributed by atoms with Gasteiger partial charge in [0.25, 0.3) is 0 Å². The molecule has 6 nitrogen and oxygen atoms in total. The second kappa shape index (κ2) is 8.23. The Morgan fingerprint density at radius 1 is 1.12 bits per heavy atom. The van der Waals surface area contributed by atoms with E-state index < -0.39 is 24.3 Å². The molecule has 1 aliphatic rings. The minimum absolute atomic E-state index is 0.236. The van der Waals surface area contributed by atoms with Gasteiger partial charge in [0.2, 0.25) is 0 Å². The first-order valence-corrected chi connectivity index (χ1v) is 11.8. The fourth-order valence-electron chi connectivity index (χ4n) is 2.58. The summed E-state index contributed by atoms with van der Waals surface area (Å²) in [6.07, 6.45) is 3.89. The molecule has 0 saturated heterocycles. The summed E-state index contributed by atoms with van der Waals surface area (Å²) in [5.74, 6) is -0.832. The van der Waals surface area contributed by atoms with Crippen LogP contribution < -0.4 is 9.67 Å². The molecule has 1 aliphatic carbocycles. The van der Waals surface area contributed by atoms with Crippen LogP contribution in [0.2, 0.25) is 0 Å². The van der Waals surface area contributed by atoms with Gasteiger partial charge in [-0.2, -0.15) is 0 Å². The molecular formula is C17H19AsBrNO5. The molecule has 2 aromatic carbocycles. The fraction of sp³-hybridized carbons (Fsp3) is 0.235. The van der Waals surface area contributed by atoms with Gasteiger partial charge in [0, 0.05) is 4.47 Å². The van der Waals surface area contributed by atoms with Gasteiger partial charge in [0.15, 0.2) is 0 Å². The van der Waals surface area contributed by atoms with Gasteiger partial charge < -0.3 is 0 Å². The molecule has 2 aromatic rings. The summed E-state index contributed by atoms with van der Waals surface area (Å²) in [6, 6.07) is 10.1. The number of anilines is 1. The Balaban J connectivity index is 0.000000194. The van der Waals surface area contributed by atoms with E-state index in [1.165, 1.54) is 42.3 Å². The Bertz CT molecular complexity index is 834. The molecule has 0 heterocycles. The summed E-state index contributed by atoms with van der Waals surface area (Å²) < 4.78 is 29.6. The van der Waals surface area contributed by atoms with Crippen molar-refractivity contribution in [2.45, 2.75) is 26.2 Å². The first kappa shape index (κ1) is 19.8. The van der Waals surface area contributed by atoms with Gasteiger partial charge in [-0.1, -0.05) is 22.0 Å². The van der Waals surface area contributed by atoms with E-state index in [1.54, 1.807) is 5.56 Å². The molecule has 25 heavy (non-hydrogen) atoms. The van der Waals surface area contributed by atoms with Crippen molar-refractivity contribution in [1.82, 2.24) is 0 Å². The summed E-state index contributed by atoms with van der Waals surface area (Å²) in [4.78, 5) is 10.7. The molecule has 0 aromatic heterocycles. The second-order valence-corrected chi connectivity index (χ2v) is 9.90. The maximum atomic E-state index is 11.0. The Morgan fingerprint density at radius 3 is 2.44 bits per heavy atom. The van der Waals surface area contributed by atoms with E-state index in [0.29, 0.717) is 0 Å². The number of carbonyl (C=O) groups is 1. The SMILES string of the molecule is Brc1ccc2c(c1)CCC2.CC(=O)Nc1ccc(O)c([As](=O)(O)O)c1. The molecule has 0 atom stereocenters. The molecule has 0 aliphatic heterocycles. The number of rotatable bonds is 2. The molecule has 0 radical (unpaired) electrons. The second-order valence-electron chi connectivity index (χ2n) is 5.70.